The van der Waals surface area contributed by atoms with Crippen molar-refractivity contribution in [2.24, 2.45) is 4.99 Å². The Balaban J connectivity index is 1.91. The number of hydrogen-bond acceptors (Lipinski definition) is 3. The molecule has 0 bridgehead atoms. The molecule has 2 aromatic carbocycles. The molecule has 1 fully saturated rings. The topological polar surface area (TPSA) is 70.6 Å². The van der Waals surface area contributed by atoms with Crippen molar-refractivity contribution in [3.05, 3.63) is 64.2 Å². The lowest BCUT2D eigenvalue weighted by Gasteiger charge is -2.41. The average Bonchev–Trinajstić information content (AvgIpc) is 2.71. The normalized spacial score (nSPS) is 15.5. The Bertz CT molecular complexity index is 1120. The number of carbonyl (C=O) groups excluding carboxylic acids is 2. The number of amides is 2. The SMILES string of the molecule is CC(C)(C)N=Cc1cc(C2(C(=O)NCCC(F)(F)F)CCC2)ccc1NC(=O)c1cccc(Cl)c1. The Kier molecular flexibility index (Phi) is 7.94. The minimum atomic E-state index is -4.33. The highest BCUT2D eigenvalue weighted by molar-refractivity contribution is 6.31. The van der Waals surface area contributed by atoms with E-state index >= 15 is 0 Å². The lowest BCUT2D eigenvalue weighted by molar-refractivity contribution is -0.138. The lowest BCUT2D eigenvalue weighted by Crippen LogP contribution is -2.49. The first-order chi connectivity index (χ1) is 16.3. The van der Waals surface area contributed by atoms with Gasteiger partial charge in [-0.25, -0.2) is 0 Å². The standard InChI is InChI=1S/C26H29ClF3N3O2/c1-24(2,3)32-16-18-14-19(25(10-5-11-25)23(35)31-13-12-26(28,29)30)8-9-21(18)33-22(34)17-6-4-7-20(27)15-17/h4,6-9,14-16H,5,10-13H2,1-3H3,(H,31,35)(H,33,34). The van der Waals surface area contributed by atoms with Gasteiger partial charge in [-0.1, -0.05) is 30.2 Å². The maximum absolute atomic E-state index is 12.9. The first-order valence-corrected chi connectivity index (χ1v) is 11.8. The summed E-state index contributed by atoms with van der Waals surface area (Å²) in [6.07, 6.45) is -1.90. The van der Waals surface area contributed by atoms with Crippen LogP contribution in [-0.4, -0.2) is 36.3 Å². The number of carbonyl (C=O) groups is 2. The van der Waals surface area contributed by atoms with Crippen LogP contribution < -0.4 is 10.6 Å². The number of rotatable bonds is 7. The van der Waals surface area contributed by atoms with Crippen LogP contribution in [0, 0.1) is 0 Å². The molecule has 0 heterocycles. The molecular formula is C26H29ClF3N3O2. The third-order valence-electron chi connectivity index (χ3n) is 5.87. The summed E-state index contributed by atoms with van der Waals surface area (Å²) < 4.78 is 37.6. The second kappa shape index (κ2) is 10.4. The van der Waals surface area contributed by atoms with E-state index in [4.69, 9.17) is 11.6 Å². The molecule has 1 aliphatic rings. The summed E-state index contributed by atoms with van der Waals surface area (Å²) in [4.78, 5) is 30.3. The van der Waals surface area contributed by atoms with Crippen molar-refractivity contribution < 1.29 is 22.8 Å². The number of anilines is 1. The van der Waals surface area contributed by atoms with E-state index in [1.807, 2.05) is 20.8 Å². The van der Waals surface area contributed by atoms with Crippen molar-refractivity contribution in [1.82, 2.24) is 5.32 Å². The largest absolute Gasteiger partial charge is 0.390 e. The summed E-state index contributed by atoms with van der Waals surface area (Å²) in [6, 6.07) is 11.8. The van der Waals surface area contributed by atoms with Crippen LogP contribution in [0.3, 0.4) is 0 Å². The zero-order valence-electron chi connectivity index (χ0n) is 19.9. The summed E-state index contributed by atoms with van der Waals surface area (Å²) in [6.45, 7) is 5.33. The predicted molar refractivity (Wildman–Crippen MR) is 132 cm³/mol. The molecule has 3 rings (SSSR count). The highest BCUT2D eigenvalue weighted by Gasteiger charge is 2.46. The van der Waals surface area contributed by atoms with Crippen LogP contribution in [0.25, 0.3) is 0 Å². The van der Waals surface area contributed by atoms with E-state index in [-0.39, 0.29) is 11.4 Å². The minimum absolute atomic E-state index is 0.353. The first kappa shape index (κ1) is 26.7. The Morgan fingerprint density at radius 1 is 1.11 bits per heavy atom. The van der Waals surface area contributed by atoms with Gasteiger partial charge in [0.2, 0.25) is 5.91 Å². The first-order valence-electron chi connectivity index (χ1n) is 11.4. The number of nitrogens with zero attached hydrogens (tertiary/aromatic N) is 1. The monoisotopic (exact) mass is 507 g/mol. The van der Waals surface area contributed by atoms with Gasteiger partial charge in [0.05, 0.1) is 17.4 Å². The molecule has 5 nitrogen and oxygen atoms in total. The summed E-state index contributed by atoms with van der Waals surface area (Å²) >= 11 is 6.01. The average molecular weight is 508 g/mol. The Labute approximate surface area is 208 Å². The second-order valence-corrected chi connectivity index (χ2v) is 10.2. The number of benzene rings is 2. The fourth-order valence-corrected chi connectivity index (χ4v) is 4.02. The summed E-state index contributed by atoms with van der Waals surface area (Å²) in [7, 11) is 0. The van der Waals surface area contributed by atoms with E-state index in [9.17, 15) is 22.8 Å². The highest BCUT2D eigenvalue weighted by atomic mass is 35.5. The van der Waals surface area contributed by atoms with E-state index in [2.05, 4.69) is 15.6 Å². The molecule has 2 N–H and O–H groups in total. The summed E-state index contributed by atoms with van der Waals surface area (Å²) in [5.41, 5.74) is 0.892. The number of aliphatic imine (C=N–C) groups is 1. The smallest absolute Gasteiger partial charge is 0.355 e. The van der Waals surface area contributed by atoms with Crippen LogP contribution in [0.1, 0.15) is 67.9 Å². The third-order valence-corrected chi connectivity index (χ3v) is 6.10. The van der Waals surface area contributed by atoms with E-state index in [0.717, 1.165) is 6.42 Å². The van der Waals surface area contributed by atoms with Gasteiger partial charge >= 0.3 is 6.18 Å². The van der Waals surface area contributed by atoms with E-state index in [1.54, 1.807) is 48.7 Å². The minimum Gasteiger partial charge on any atom is -0.355 e. The maximum atomic E-state index is 12.9. The predicted octanol–water partition coefficient (Wildman–Crippen LogP) is 6.30. The lowest BCUT2D eigenvalue weighted by atomic mass is 9.63. The van der Waals surface area contributed by atoms with Crippen LogP contribution in [0.4, 0.5) is 18.9 Å². The van der Waals surface area contributed by atoms with Gasteiger partial charge < -0.3 is 10.6 Å². The summed E-state index contributed by atoms with van der Waals surface area (Å²) in [5.74, 6) is -0.767. The maximum Gasteiger partial charge on any atom is 0.390 e. The van der Waals surface area contributed by atoms with Crippen molar-refractivity contribution in [2.75, 3.05) is 11.9 Å². The highest BCUT2D eigenvalue weighted by Crippen LogP contribution is 2.45. The summed E-state index contributed by atoms with van der Waals surface area (Å²) in [5, 5.41) is 5.76. The number of alkyl halides is 3. The molecule has 2 amide bonds. The molecule has 1 saturated carbocycles. The molecule has 1 aliphatic carbocycles. The van der Waals surface area contributed by atoms with E-state index in [1.165, 1.54) is 0 Å². The van der Waals surface area contributed by atoms with Crippen molar-refractivity contribution in [3.8, 4) is 0 Å². The zero-order valence-corrected chi connectivity index (χ0v) is 20.7. The molecule has 0 radical (unpaired) electrons. The van der Waals surface area contributed by atoms with Crippen LogP contribution in [0.2, 0.25) is 5.02 Å². The van der Waals surface area contributed by atoms with Crippen LogP contribution in [0.5, 0.6) is 0 Å². The number of nitrogens with one attached hydrogen (secondary N) is 2. The molecule has 2 aromatic rings. The van der Waals surface area contributed by atoms with Gasteiger partial charge in [0.25, 0.3) is 5.91 Å². The molecule has 0 aliphatic heterocycles. The molecule has 0 atom stereocenters. The van der Waals surface area contributed by atoms with E-state index < -0.39 is 30.5 Å². The van der Waals surface area contributed by atoms with Crippen LogP contribution in [0.15, 0.2) is 47.5 Å². The van der Waals surface area contributed by atoms with Crippen molar-refractivity contribution in [2.45, 2.75) is 63.6 Å². The number of halogens is 4. The van der Waals surface area contributed by atoms with Gasteiger partial charge in [0.15, 0.2) is 0 Å². The quantitative estimate of drug-likeness (QED) is 0.432. The zero-order chi connectivity index (χ0) is 25.9. The Hall–Kier alpha value is -2.87. The van der Waals surface area contributed by atoms with Crippen LogP contribution in [-0.2, 0) is 10.2 Å². The van der Waals surface area contributed by atoms with Gasteiger partial charge in [-0.15, -0.1) is 0 Å². The van der Waals surface area contributed by atoms with Gasteiger partial charge in [0.1, 0.15) is 0 Å². The Morgan fingerprint density at radius 2 is 1.83 bits per heavy atom. The van der Waals surface area contributed by atoms with Gasteiger partial charge in [-0.2, -0.15) is 13.2 Å². The fourth-order valence-electron chi connectivity index (χ4n) is 3.83. The van der Waals surface area contributed by atoms with E-state index in [0.29, 0.717) is 40.2 Å². The van der Waals surface area contributed by atoms with Gasteiger partial charge in [-0.05, 0) is 69.5 Å². The van der Waals surface area contributed by atoms with Crippen molar-refractivity contribution in [1.29, 1.82) is 0 Å². The second-order valence-electron chi connectivity index (χ2n) is 9.75. The van der Waals surface area contributed by atoms with Gasteiger partial charge in [0, 0.05) is 34.6 Å². The molecule has 0 spiro atoms. The molecule has 0 unspecified atom stereocenters. The van der Waals surface area contributed by atoms with Crippen LogP contribution >= 0.6 is 11.6 Å². The molecular weight excluding hydrogens is 479 g/mol. The molecule has 0 aromatic heterocycles. The molecule has 35 heavy (non-hydrogen) atoms. The van der Waals surface area contributed by atoms with Gasteiger partial charge in [-0.3, -0.25) is 14.6 Å². The fraction of sp³-hybridized carbons (Fsp3) is 0.423. The molecule has 0 saturated heterocycles. The Morgan fingerprint density at radius 3 is 2.40 bits per heavy atom. The molecule has 9 heteroatoms. The third kappa shape index (κ3) is 7.07. The number of hydrogen-bond donors (Lipinski definition) is 2. The van der Waals surface area contributed by atoms with Crippen molar-refractivity contribution >= 4 is 35.3 Å². The van der Waals surface area contributed by atoms with Crippen molar-refractivity contribution in [3.63, 3.8) is 0 Å². The molecule has 188 valence electrons.